The van der Waals surface area contributed by atoms with E-state index < -0.39 is 11.2 Å². The minimum atomic E-state index is -0.537. The van der Waals surface area contributed by atoms with E-state index in [4.69, 9.17) is 0 Å². The fourth-order valence-corrected chi connectivity index (χ4v) is 3.89. The average molecular weight is 334 g/mol. The van der Waals surface area contributed by atoms with Crippen LogP contribution in [-0.2, 0) is 11.3 Å². The lowest BCUT2D eigenvalue weighted by atomic mass is 9.90. The Morgan fingerprint density at radius 2 is 1.96 bits per heavy atom. The Kier molecular flexibility index (Phi) is 5.50. The summed E-state index contributed by atoms with van der Waals surface area (Å²) in [6, 6.07) is 0.636. The molecule has 2 fully saturated rings. The molecule has 0 bridgehead atoms. The second-order valence-corrected chi connectivity index (χ2v) is 6.94. The van der Waals surface area contributed by atoms with E-state index in [1.165, 1.54) is 38.3 Å². The van der Waals surface area contributed by atoms with E-state index in [0.29, 0.717) is 11.6 Å². The number of likely N-dealkylation sites (tertiary alicyclic amines) is 1. The van der Waals surface area contributed by atoms with Gasteiger partial charge < -0.3 is 10.3 Å². The predicted molar refractivity (Wildman–Crippen MR) is 90.7 cm³/mol. The summed E-state index contributed by atoms with van der Waals surface area (Å²) in [6.45, 7) is 2.05. The van der Waals surface area contributed by atoms with Gasteiger partial charge in [-0.3, -0.25) is 19.5 Å². The van der Waals surface area contributed by atoms with Crippen molar-refractivity contribution in [2.75, 3.05) is 13.1 Å². The van der Waals surface area contributed by atoms with E-state index in [-0.39, 0.29) is 18.4 Å². The summed E-state index contributed by atoms with van der Waals surface area (Å²) in [4.78, 5) is 42.2. The highest BCUT2D eigenvalue weighted by molar-refractivity contribution is 5.78. The number of hydrogen-bond acceptors (Lipinski definition) is 4. The number of rotatable bonds is 4. The lowest BCUT2D eigenvalue weighted by Crippen LogP contribution is -2.47. The maximum absolute atomic E-state index is 12.5. The maximum atomic E-state index is 12.5. The van der Waals surface area contributed by atoms with Crippen molar-refractivity contribution in [3.8, 4) is 0 Å². The van der Waals surface area contributed by atoms with Gasteiger partial charge in [0.1, 0.15) is 0 Å². The van der Waals surface area contributed by atoms with Crippen molar-refractivity contribution in [1.29, 1.82) is 0 Å². The average Bonchev–Trinajstić information content (AvgIpc) is 2.61. The molecule has 132 valence electrons. The van der Waals surface area contributed by atoms with E-state index in [9.17, 15) is 14.4 Å². The number of H-pyrrole nitrogens is 2. The Balaban J connectivity index is 1.54. The molecule has 7 heteroatoms. The van der Waals surface area contributed by atoms with Crippen molar-refractivity contribution in [1.82, 2.24) is 20.2 Å². The molecule has 1 saturated heterocycles. The van der Waals surface area contributed by atoms with Crippen LogP contribution in [-0.4, -0.2) is 39.9 Å². The fourth-order valence-electron chi connectivity index (χ4n) is 3.89. The SMILES string of the molecule is O=C(NCc1c[nH]c(=O)[nH]c1=O)C1CCCN(C2CCCCC2)C1. The van der Waals surface area contributed by atoms with Crippen LogP contribution < -0.4 is 16.6 Å². The summed E-state index contributed by atoms with van der Waals surface area (Å²) in [7, 11) is 0. The van der Waals surface area contributed by atoms with Gasteiger partial charge in [-0.2, -0.15) is 0 Å². The van der Waals surface area contributed by atoms with Crippen LogP contribution in [0.5, 0.6) is 0 Å². The molecule has 0 spiro atoms. The number of amides is 1. The highest BCUT2D eigenvalue weighted by atomic mass is 16.2. The quantitative estimate of drug-likeness (QED) is 0.756. The van der Waals surface area contributed by atoms with E-state index in [1.54, 1.807) is 0 Å². The molecule has 1 unspecified atom stereocenters. The first-order valence-corrected chi connectivity index (χ1v) is 8.96. The predicted octanol–water partition coefficient (Wildman–Crippen LogP) is 0.724. The fraction of sp³-hybridized carbons (Fsp3) is 0.706. The molecule has 2 aliphatic rings. The zero-order valence-corrected chi connectivity index (χ0v) is 14.0. The van der Waals surface area contributed by atoms with E-state index >= 15 is 0 Å². The Bertz CT molecular complexity index is 675. The summed E-state index contributed by atoms with van der Waals surface area (Å²) >= 11 is 0. The first-order chi connectivity index (χ1) is 11.6. The molecule has 1 aliphatic heterocycles. The Hall–Kier alpha value is -1.89. The number of carbonyl (C=O) groups excluding carboxylic acids is 1. The number of aromatic nitrogens is 2. The van der Waals surface area contributed by atoms with Gasteiger partial charge >= 0.3 is 5.69 Å². The van der Waals surface area contributed by atoms with Crippen LogP contribution in [0.25, 0.3) is 0 Å². The monoisotopic (exact) mass is 334 g/mol. The summed E-state index contributed by atoms with van der Waals surface area (Å²) in [5.41, 5.74) is -0.625. The van der Waals surface area contributed by atoms with E-state index in [1.807, 2.05) is 0 Å². The van der Waals surface area contributed by atoms with Gasteiger partial charge in [0.05, 0.1) is 11.5 Å². The Morgan fingerprint density at radius 1 is 1.17 bits per heavy atom. The molecule has 3 N–H and O–H groups in total. The molecule has 1 aromatic rings. The first kappa shape index (κ1) is 17.0. The number of aromatic amines is 2. The maximum Gasteiger partial charge on any atom is 0.325 e. The second-order valence-electron chi connectivity index (χ2n) is 6.94. The third-order valence-corrected chi connectivity index (χ3v) is 5.26. The van der Waals surface area contributed by atoms with Gasteiger partial charge in [0.25, 0.3) is 5.56 Å². The van der Waals surface area contributed by atoms with Gasteiger partial charge in [0.15, 0.2) is 0 Å². The Labute approximate surface area is 140 Å². The summed E-state index contributed by atoms with van der Waals surface area (Å²) < 4.78 is 0. The molecular weight excluding hydrogens is 308 g/mol. The van der Waals surface area contributed by atoms with Crippen LogP contribution in [0.1, 0.15) is 50.5 Å². The number of nitrogens with one attached hydrogen (secondary N) is 3. The van der Waals surface area contributed by atoms with Crippen LogP contribution in [0.3, 0.4) is 0 Å². The summed E-state index contributed by atoms with van der Waals surface area (Å²) in [5, 5.41) is 2.84. The number of carbonyl (C=O) groups is 1. The van der Waals surface area contributed by atoms with Crippen LogP contribution in [0.4, 0.5) is 0 Å². The van der Waals surface area contributed by atoms with E-state index in [0.717, 1.165) is 25.9 Å². The van der Waals surface area contributed by atoms with Crippen molar-refractivity contribution in [2.45, 2.75) is 57.5 Å². The van der Waals surface area contributed by atoms with Gasteiger partial charge in [-0.25, -0.2) is 4.79 Å². The number of hydrogen-bond donors (Lipinski definition) is 3. The molecule has 2 heterocycles. The molecule has 7 nitrogen and oxygen atoms in total. The minimum absolute atomic E-state index is 0.00103. The molecule has 0 radical (unpaired) electrons. The van der Waals surface area contributed by atoms with Gasteiger partial charge in [0, 0.05) is 25.3 Å². The molecular formula is C17H26N4O3. The number of nitrogens with zero attached hydrogens (tertiary/aromatic N) is 1. The third kappa shape index (κ3) is 4.14. The smallest absolute Gasteiger partial charge is 0.325 e. The van der Waals surface area contributed by atoms with Crippen molar-refractivity contribution in [2.24, 2.45) is 5.92 Å². The second kappa shape index (κ2) is 7.79. The van der Waals surface area contributed by atoms with Crippen molar-refractivity contribution in [3.63, 3.8) is 0 Å². The van der Waals surface area contributed by atoms with Gasteiger partial charge in [-0.05, 0) is 32.2 Å². The van der Waals surface area contributed by atoms with Gasteiger partial charge in [-0.15, -0.1) is 0 Å². The normalized spacial score (nSPS) is 23.1. The lowest BCUT2D eigenvalue weighted by Gasteiger charge is -2.39. The van der Waals surface area contributed by atoms with E-state index in [2.05, 4.69) is 20.2 Å². The van der Waals surface area contributed by atoms with Crippen LogP contribution in [0.2, 0.25) is 0 Å². The largest absolute Gasteiger partial charge is 0.351 e. The minimum Gasteiger partial charge on any atom is -0.351 e. The van der Waals surface area contributed by atoms with Gasteiger partial charge in [-0.1, -0.05) is 19.3 Å². The van der Waals surface area contributed by atoms with Crippen LogP contribution >= 0.6 is 0 Å². The van der Waals surface area contributed by atoms with Gasteiger partial charge in [0.2, 0.25) is 5.91 Å². The zero-order valence-electron chi connectivity index (χ0n) is 14.0. The zero-order chi connectivity index (χ0) is 16.9. The topological polar surface area (TPSA) is 98.1 Å². The molecule has 1 amide bonds. The van der Waals surface area contributed by atoms with Crippen molar-refractivity contribution < 1.29 is 4.79 Å². The molecule has 24 heavy (non-hydrogen) atoms. The first-order valence-electron chi connectivity index (χ1n) is 8.96. The Morgan fingerprint density at radius 3 is 2.71 bits per heavy atom. The summed E-state index contributed by atoms with van der Waals surface area (Å²) in [5.74, 6) is -0.0105. The van der Waals surface area contributed by atoms with Crippen LogP contribution in [0, 0.1) is 5.92 Å². The highest BCUT2D eigenvalue weighted by Crippen LogP contribution is 2.27. The standard InChI is InChI=1S/C17H26N4O3/c22-15(18-9-13-10-19-17(24)20-16(13)23)12-5-4-8-21(11-12)14-6-2-1-3-7-14/h10,12,14H,1-9,11H2,(H,18,22)(H2,19,20,23,24). The van der Waals surface area contributed by atoms with Crippen molar-refractivity contribution >= 4 is 5.91 Å². The molecule has 1 aliphatic carbocycles. The molecule has 3 rings (SSSR count). The summed E-state index contributed by atoms with van der Waals surface area (Å²) in [6.07, 6.45) is 9.74. The molecule has 1 atom stereocenters. The third-order valence-electron chi connectivity index (χ3n) is 5.26. The highest BCUT2D eigenvalue weighted by Gasteiger charge is 2.30. The molecule has 1 aromatic heterocycles. The molecule has 1 saturated carbocycles. The lowest BCUT2D eigenvalue weighted by molar-refractivity contribution is -0.127. The molecule has 0 aromatic carbocycles. The van der Waals surface area contributed by atoms with Crippen molar-refractivity contribution in [3.05, 3.63) is 32.6 Å². The number of piperidine rings is 1. The van der Waals surface area contributed by atoms with Crippen LogP contribution in [0.15, 0.2) is 15.8 Å².